The molecule has 4 nitrogen and oxygen atoms in total. The first-order chi connectivity index (χ1) is 12.0. The van der Waals surface area contributed by atoms with Crippen molar-refractivity contribution in [1.29, 1.82) is 0 Å². The summed E-state index contributed by atoms with van der Waals surface area (Å²) in [6, 6.07) is 5.19. The van der Waals surface area contributed by atoms with Gasteiger partial charge in [-0.1, -0.05) is 24.6 Å². The summed E-state index contributed by atoms with van der Waals surface area (Å²) >= 11 is 5.97. The van der Waals surface area contributed by atoms with Crippen molar-refractivity contribution in [2.75, 3.05) is 26.2 Å². The molecule has 1 atom stereocenters. The molecule has 1 aromatic carbocycles. The number of carbonyl (C=O) groups is 1. The molecule has 2 fully saturated rings. The molecule has 2 aliphatic rings. The number of aromatic hydroxyl groups is 1. The number of nitrogens with zero attached hydrogens (tertiary/aromatic N) is 1. The minimum absolute atomic E-state index is 0.0592. The van der Waals surface area contributed by atoms with Crippen LogP contribution in [0, 0.1) is 17.8 Å². The first-order valence-corrected chi connectivity index (χ1v) is 9.89. The molecule has 0 bridgehead atoms. The van der Waals surface area contributed by atoms with Gasteiger partial charge in [-0.15, -0.1) is 0 Å². The Morgan fingerprint density at radius 1 is 1.24 bits per heavy atom. The van der Waals surface area contributed by atoms with Gasteiger partial charge in [-0.05, 0) is 74.7 Å². The van der Waals surface area contributed by atoms with Crippen molar-refractivity contribution in [3.8, 4) is 5.75 Å². The normalized spacial score (nSPS) is 21.3. The van der Waals surface area contributed by atoms with E-state index in [-0.39, 0.29) is 17.6 Å². The van der Waals surface area contributed by atoms with Gasteiger partial charge in [-0.25, -0.2) is 0 Å². The number of nitrogens with one attached hydrogen (secondary N) is 1. The van der Waals surface area contributed by atoms with Gasteiger partial charge >= 0.3 is 0 Å². The van der Waals surface area contributed by atoms with Crippen molar-refractivity contribution in [3.63, 3.8) is 0 Å². The number of amides is 1. The predicted octanol–water partition coefficient (Wildman–Crippen LogP) is 3.46. The van der Waals surface area contributed by atoms with Crippen LogP contribution in [0.2, 0.25) is 5.02 Å². The topological polar surface area (TPSA) is 52.6 Å². The van der Waals surface area contributed by atoms with Gasteiger partial charge in [0.2, 0.25) is 5.91 Å². The van der Waals surface area contributed by atoms with Gasteiger partial charge in [0, 0.05) is 19.0 Å². The summed E-state index contributed by atoms with van der Waals surface area (Å²) in [7, 11) is 0. The lowest BCUT2D eigenvalue weighted by atomic mass is 9.79. The highest BCUT2D eigenvalue weighted by molar-refractivity contribution is 6.32. The Morgan fingerprint density at radius 2 is 1.88 bits per heavy atom. The van der Waals surface area contributed by atoms with Gasteiger partial charge in [0.05, 0.1) is 5.02 Å². The molecule has 25 heavy (non-hydrogen) atoms. The van der Waals surface area contributed by atoms with Gasteiger partial charge in [0.1, 0.15) is 5.75 Å². The van der Waals surface area contributed by atoms with Crippen molar-refractivity contribution in [2.45, 2.75) is 39.0 Å². The number of piperidine rings is 2. The molecule has 5 heteroatoms. The fraction of sp³-hybridized carbons (Fsp3) is 0.650. The predicted molar refractivity (Wildman–Crippen MR) is 101 cm³/mol. The molecule has 2 N–H and O–H groups in total. The van der Waals surface area contributed by atoms with Crippen molar-refractivity contribution in [2.24, 2.45) is 17.8 Å². The summed E-state index contributed by atoms with van der Waals surface area (Å²) in [5.41, 5.74) is 0.994. The van der Waals surface area contributed by atoms with Crippen LogP contribution < -0.4 is 5.32 Å². The van der Waals surface area contributed by atoms with Crippen LogP contribution in [-0.4, -0.2) is 42.1 Å². The summed E-state index contributed by atoms with van der Waals surface area (Å²) in [6.07, 6.45) is 5.53. The van der Waals surface area contributed by atoms with Crippen molar-refractivity contribution in [3.05, 3.63) is 28.8 Å². The third-order valence-electron chi connectivity index (χ3n) is 5.88. The maximum Gasteiger partial charge on any atom is 0.225 e. The first kappa shape index (κ1) is 18.5. The zero-order valence-electron chi connectivity index (χ0n) is 15.0. The lowest BCUT2D eigenvalue weighted by molar-refractivity contribution is -0.136. The first-order valence-electron chi connectivity index (χ1n) is 9.51. The summed E-state index contributed by atoms with van der Waals surface area (Å²) < 4.78 is 0. The Kier molecular flexibility index (Phi) is 6.24. The van der Waals surface area contributed by atoms with E-state index in [1.165, 1.54) is 12.8 Å². The summed E-state index contributed by atoms with van der Waals surface area (Å²) in [4.78, 5) is 14.8. The molecule has 2 aliphatic heterocycles. The molecule has 0 spiro atoms. The fourth-order valence-electron chi connectivity index (χ4n) is 4.34. The van der Waals surface area contributed by atoms with E-state index in [0.29, 0.717) is 11.4 Å². The average Bonchev–Trinajstić information content (AvgIpc) is 2.65. The minimum atomic E-state index is -0.0592. The number of hydrogen-bond acceptors (Lipinski definition) is 3. The molecule has 0 aromatic heterocycles. The molecule has 138 valence electrons. The Bertz CT molecular complexity index is 593. The third kappa shape index (κ3) is 4.68. The van der Waals surface area contributed by atoms with Crippen molar-refractivity contribution >= 4 is 17.5 Å². The van der Waals surface area contributed by atoms with Crippen molar-refractivity contribution < 1.29 is 9.90 Å². The van der Waals surface area contributed by atoms with E-state index >= 15 is 0 Å². The van der Waals surface area contributed by atoms with Crippen LogP contribution in [0.5, 0.6) is 5.75 Å². The highest BCUT2D eigenvalue weighted by atomic mass is 35.5. The summed E-state index contributed by atoms with van der Waals surface area (Å²) in [5.74, 6) is 1.90. The van der Waals surface area contributed by atoms with Gasteiger partial charge in [-0.2, -0.15) is 0 Å². The van der Waals surface area contributed by atoms with E-state index in [1.807, 2.05) is 17.9 Å². The molecule has 0 unspecified atom stereocenters. The lowest BCUT2D eigenvalue weighted by Crippen LogP contribution is -2.44. The van der Waals surface area contributed by atoms with Gasteiger partial charge in [-0.3, -0.25) is 4.79 Å². The van der Waals surface area contributed by atoms with E-state index in [4.69, 9.17) is 11.6 Å². The van der Waals surface area contributed by atoms with Crippen LogP contribution in [0.1, 0.15) is 38.2 Å². The number of benzene rings is 1. The second-order valence-electron chi connectivity index (χ2n) is 7.64. The minimum Gasteiger partial charge on any atom is -0.506 e. The second kappa shape index (κ2) is 8.41. The average molecular weight is 365 g/mol. The quantitative estimate of drug-likeness (QED) is 0.860. The molecule has 0 radical (unpaired) electrons. The second-order valence-corrected chi connectivity index (χ2v) is 8.05. The van der Waals surface area contributed by atoms with Crippen LogP contribution in [-0.2, 0) is 11.2 Å². The smallest absolute Gasteiger partial charge is 0.225 e. The highest BCUT2D eigenvalue weighted by Crippen LogP contribution is 2.31. The SMILES string of the molecule is C[C@H](Cc1ccc(O)c(Cl)c1)C(=O)N1CCC(C2CCNCC2)CC1. The Labute approximate surface area is 155 Å². The van der Waals surface area contributed by atoms with Crippen LogP contribution in [0.3, 0.4) is 0 Å². The number of halogens is 1. The van der Waals surface area contributed by atoms with E-state index in [1.54, 1.807) is 12.1 Å². The van der Waals surface area contributed by atoms with Crippen LogP contribution in [0.15, 0.2) is 18.2 Å². The van der Waals surface area contributed by atoms with E-state index in [2.05, 4.69) is 5.32 Å². The zero-order valence-corrected chi connectivity index (χ0v) is 15.8. The Balaban J connectivity index is 1.50. The third-order valence-corrected chi connectivity index (χ3v) is 6.18. The lowest BCUT2D eigenvalue weighted by Gasteiger charge is -2.38. The monoisotopic (exact) mass is 364 g/mol. The van der Waals surface area contributed by atoms with Gasteiger partial charge < -0.3 is 15.3 Å². The number of carbonyl (C=O) groups excluding carboxylic acids is 1. The van der Waals surface area contributed by atoms with Crippen LogP contribution in [0.4, 0.5) is 0 Å². The maximum atomic E-state index is 12.8. The summed E-state index contributed by atoms with van der Waals surface area (Å²) in [6.45, 7) is 6.08. The molecular formula is C20H29ClN2O2. The Hall–Kier alpha value is -1.26. The largest absolute Gasteiger partial charge is 0.506 e. The number of phenolic OH excluding ortho intramolecular Hbond substituents is 1. The van der Waals surface area contributed by atoms with E-state index in [9.17, 15) is 9.90 Å². The van der Waals surface area contributed by atoms with Gasteiger partial charge in [0.25, 0.3) is 0 Å². The molecule has 0 saturated carbocycles. The molecular weight excluding hydrogens is 336 g/mol. The number of rotatable bonds is 4. The molecule has 2 saturated heterocycles. The highest BCUT2D eigenvalue weighted by Gasteiger charge is 2.30. The van der Waals surface area contributed by atoms with Crippen molar-refractivity contribution in [1.82, 2.24) is 10.2 Å². The molecule has 0 aliphatic carbocycles. The fourth-order valence-corrected chi connectivity index (χ4v) is 4.54. The molecule has 1 aromatic rings. The molecule has 3 rings (SSSR count). The van der Waals surface area contributed by atoms with E-state index in [0.717, 1.165) is 56.4 Å². The summed E-state index contributed by atoms with van der Waals surface area (Å²) in [5, 5.41) is 13.3. The molecule has 2 heterocycles. The number of phenols is 1. The van der Waals surface area contributed by atoms with Gasteiger partial charge in [0.15, 0.2) is 0 Å². The molecule has 1 amide bonds. The number of likely N-dealkylation sites (tertiary alicyclic amines) is 1. The zero-order chi connectivity index (χ0) is 17.8. The maximum absolute atomic E-state index is 12.8. The standard InChI is InChI=1S/C20H29ClN2O2/c1-14(12-15-2-3-19(24)18(21)13-15)20(25)23-10-6-17(7-11-23)16-4-8-22-9-5-16/h2-3,13-14,16-17,22,24H,4-12H2,1H3/t14-/m1/s1. The van der Waals surface area contributed by atoms with E-state index < -0.39 is 0 Å². The number of hydrogen-bond donors (Lipinski definition) is 2. The van der Waals surface area contributed by atoms with Crippen LogP contribution >= 0.6 is 11.6 Å². The van der Waals surface area contributed by atoms with Crippen LogP contribution in [0.25, 0.3) is 0 Å². The Morgan fingerprint density at radius 3 is 2.52 bits per heavy atom.